The summed E-state index contributed by atoms with van der Waals surface area (Å²) in [7, 11) is 0. The molecule has 96 valence electrons. The maximum absolute atomic E-state index is 6.21. The fraction of sp³-hybridized carbons (Fsp3) is 0.412. The molecule has 0 saturated heterocycles. The Balaban J connectivity index is 2.15. The zero-order valence-corrected chi connectivity index (χ0v) is 11.5. The molecule has 0 N–H and O–H groups in total. The molecule has 1 aliphatic rings. The highest BCUT2D eigenvalue weighted by Crippen LogP contribution is 2.31. The average Bonchev–Trinajstić information content (AvgIpc) is 2.80. The fourth-order valence-electron chi connectivity index (χ4n) is 2.19. The van der Waals surface area contributed by atoms with Crippen LogP contribution in [-0.4, -0.2) is 5.60 Å². The van der Waals surface area contributed by atoms with Gasteiger partial charge in [-0.2, -0.15) is 0 Å². The smallest absolute Gasteiger partial charge is 0.0872 e. The average molecular weight is 242 g/mol. The molecule has 0 saturated carbocycles. The quantitative estimate of drug-likeness (QED) is 0.735. The van der Waals surface area contributed by atoms with E-state index in [2.05, 4.69) is 63.3 Å². The third-order valence-corrected chi connectivity index (χ3v) is 2.94. The van der Waals surface area contributed by atoms with Gasteiger partial charge in [-0.1, -0.05) is 48.6 Å². The van der Waals surface area contributed by atoms with E-state index in [4.69, 9.17) is 4.74 Å². The summed E-state index contributed by atoms with van der Waals surface area (Å²) in [4.78, 5) is 0. The minimum absolute atomic E-state index is 0.122. The van der Waals surface area contributed by atoms with Crippen LogP contribution in [0.5, 0.6) is 0 Å². The van der Waals surface area contributed by atoms with Gasteiger partial charge in [0, 0.05) is 6.42 Å². The second-order valence-corrected chi connectivity index (χ2v) is 5.75. The van der Waals surface area contributed by atoms with Gasteiger partial charge in [0.25, 0.3) is 0 Å². The van der Waals surface area contributed by atoms with E-state index < -0.39 is 0 Å². The molecule has 1 aromatic carbocycles. The first-order valence-electron chi connectivity index (χ1n) is 6.63. The van der Waals surface area contributed by atoms with Crippen molar-refractivity contribution in [1.82, 2.24) is 0 Å². The van der Waals surface area contributed by atoms with E-state index in [1.54, 1.807) is 0 Å². The third kappa shape index (κ3) is 3.85. The predicted molar refractivity (Wildman–Crippen MR) is 76.5 cm³/mol. The molecule has 0 bridgehead atoms. The topological polar surface area (TPSA) is 9.23 Å². The number of hydrogen-bond acceptors (Lipinski definition) is 1. The molecule has 0 aromatic heterocycles. The molecule has 2 rings (SSSR count). The van der Waals surface area contributed by atoms with Crippen molar-refractivity contribution < 1.29 is 4.74 Å². The largest absolute Gasteiger partial charge is 0.368 e. The number of rotatable bonds is 4. The molecular weight excluding hydrogens is 220 g/mol. The molecule has 1 atom stereocenters. The summed E-state index contributed by atoms with van der Waals surface area (Å²) in [6, 6.07) is 10.5. The van der Waals surface area contributed by atoms with Crippen molar-refractivity contribution in [2.45, 2.75) is 45.3 Å². The van der Waals surface area contributed by atoms with Crippen molar-refractivity contribution in [2.24, 2.45) is 0 Å². The number of benzene rings is 1. The van der Waals surface area contributed by atoms with Gasteiger partial charge in [0.1, 0.15) is 0 Å². The lowest BCUT2D eigenvalue weighted by atomic mass is 10.0. The standard InChI is InChI=1S/C17H22O/c1-17(2,3)18-16(13-14-9-7-8-10-14)15-11-5-4-6-12-15/h4-7,9-12,16H,8,13H2,1-3H3. The molecular formula is C17H22O. The Morgan fingerprint density at radius 1 is 1.17 bits per heavy atom. The van der Waals surface area contributed by atoms with Crippen molar-refractivity contribution >= 4 is 0 Å². The van der Waals surface area contributed by atoms with E-state index in [-0.39, 0.29) is 11.7 Å². The summed E-state index contributed by atoms with van der Waals surface area (Å²) >= 11 is 0. The Hall–Kier alpha value is -1.34. The van der Waals surface area contributed by atoms with E-state index in [1.165, 1.54) is 11.1 Å². The Morgan fingerprint density at radius 3 is 2.44 bits per heavy atom. The normalized spacial score (nSPS) is 16.7. The Labute approximate surface area is 110 Å². The second-order valence-electron chi connectivity index (χ2n) is 5.75. The summed E-state index contributed by atoms with van der Waals surface area (Å²) in [5, 5.41) is 0. The van der Waals surface area contributed by atoms with E-state index >= 15 is 0 Å². The third-order valence-electron chi connectivity index (χ3n) is 2.94. The molecule has 0 amide bonds. The van der Waals surface area contributed by atoms with E-state index in [0.717, 1.165) is 12.8 Å². The lowest BCUT2D eigenvalue weighted by Crippen LogP contribution is -2.23. The highest BCUT2D eigenvalue weighted by Gasteiger charge is 2.21. The summed E-state index contributed by atoms with van der Waals surface area (Å²) < 4.78 is 6.21. The van der Waals surface area contributed by atoms with Crippen LogP contribution in [0, 0.1) is 0 Å². The zero-order valence-electron chi connectivity index (χ0n) is 11.5. The molecule has 1 aliphatic carbocycles. The summed E-state index contributed by atoms with van der Waals surface area (Å²) in [6.45, 7) is 6.34. The van der Waals surface area contributed by atoms with Crippen molar-refractivity contribution in [3.63, 3.8) is 0 Å². The van der Waals surface area contributed by atoms with Gasteiger partial charge < -0.3 is 4.74 Å². The Kier molecular flexibility index (Phi) is 4.03. The van der Waals surface area contributed by atoms with Gasteiger partial charge >= 0.3 is 0 Å². The zero-order chi connectivity index (χ0) is 13.0. The molecule has 0 heterocycles. The van der Waals surface area contributed by atoms with Gasteiger partial charge in [-0.25, -0.2) is 0 Å². The summed E-state index contributed by atoms with van der Waals surface area (Å²) in [6.07, 6.45) is 8.85. The first-order chi connectivity index (χ1) is 8.54. The summed E-state index contributed by atoms with van der Waals surface area (Å²) in [5.74, 6) is 0. The van der Waals surface area contributed by atoms with Gasteiger partial charge in [-0.15, -0.1) is 0 Å². The van der Waals surface area contributed by atoms with Crippen LogP contribution in [0.4, 0.5) is 0 Å². The molecule has 1 unspecified atom stereocenters. The van der Waals surface area contributed by atoms with Crippen LogP contribution >= 0.6 is 0 Å². The molecule has 0 radical (unpaired) electrons. The molecule has 1 heteroatoms. The van der Waals surface area contributed by atoms with Gasteiger partial charge in [0.05, 0.1) is 11.7 Å². The molecule has 1 aromatic rings. The number of ether oxygens (including phenoxy) is 1. The number of hydrogen-bond donors (Lipinski definition) is 0. The highest BCUT2D eigenvalue weighted by molar-refractivity contribution is 5.29. The molecule has 0 aliphatic heterocycles. The van der Waals surface area contributed by atoms with Gasteiger partial charge in [-0.05, 0) is 38.3 Å². The molecule has 18 heavy (non-hydrogen) atoms. The monoisotopic (exact) mass is 242 g/mol. The first-order valence-corrected chi connectivity index (χ1v) is 6.63. The van der Waals surface area contributed by atoms with E-state index in [9.17, 15) is 0 Å². The van der Waals surface area contributed by atoms with Crippen LogP contribution in [0.1, 0.15) is 45.3 Å². The highest BCUT2D eigenvalue weighted by atomic mass is 16.5. The Bertz CT molecular complexity index is 434. The molecule has 0 spiro atoms. The Morgan fingerprint density at radius 2 is 1.89 bits per heavy atom. The van der Waals surface area contributed by atoms with Gasteiger partial charge in [-0.3, -0.25) is 0 Å². The maximum Gasteiger partial charge on any atom is 0.0872 e. The van der Waals surface area contributed by atoms with E-state index in [0.29, 0.717) is 0 Å². The minimum atomic E-state index is -0.122. The van der Waals surface area contributed by atoms with Crippen molar-refractivity contribution in [3.05, 3.63) is 59.7 Å². The lowest BCUT2D eigenvalue weighted by molar-refractivity contribution is -0.0609. The van der Waals surface area contributed by atoms with Crippen LogP contribution in [-0.2, 0) is 4.74 Å². The van der Waals surface area contributed by atoms with E-state index in [1.807, 2.05) is 6.07 Å². The summed E-state index contributed by atoms with van der Waals surface area (Å²) in [5.41, 5.74) is 2.52. The van der Waals surface area contributed by atoms with Crippen molar-refractivity contribution in [2.75, 3.05) is 0 Å². The first kappa shape index (κ1) is 13.1. The van der Waals surface area contributed by atoms with Crippen LogP contribution in [0.2, 0.25) is 0 Å². The second kappa shape index (κ2) is 5.53. The van der Waals surface area contributed by atoms with Crippen LogP contribution in [0.25, 0.3) is 0 Å². The maximum atomic E-state index is 6.21. The van der Waals surface area contributed by atoms with Gasteiger partial charge in [0.15, 0.2) is 0 Å². The minimum Gasteiger partial charge on any atom is -0.368 e. The van der Waals surface area contributed by atoms with Crippen LogP contribution < -0.4 is 0 Å². The molecule has 1 nitrogen and oxygen atoms in total. The van der Waals surface area contributed by atoms with Crippen molar-refractivity contribution in [3.8, 4) is 0 Å². The van der Waals surface area contributed by atoms with Crippen LogP contribution in [0.3, 0.4) is 0 Å². The fourth-order valence-corrected chi connectivity index (χ4v) is 2.19. The van der Waals surface area contributed by atoms with Crippen molar-refractivity contribution in [1.29, 1.82) is 0 Å². The van der Waals surface area contributed by atoms with Crippen LogP contribution in [0.15, 0.2) is 54.1 Å². The lowest BCUT2D eigenvalue weighted by Gasteiger charge is -2.28. The van der Waals surface area contributed by atoms with Gasteiger partial charge in [0.2, 0.25) is 0 Å². The molecule has 0 fully saturated rings. The SMILES string of the molecule is CC(C)(C)OC(CC1=CCC=C1)c1ccccc1. The predicted octanol–water partition coefficient (Wildman–Crippen LogP) is 4.82. The number of allylic oxidation sites excluding steroid dienone is 3.